The molecule has 1 atom stereocenters. The summed E-state index contributed by atoms with van der Waals surface area (Å²) in [7, 11) is 0. The molecule has 1 N–H and O–H groups in total. The molecule has 1 fully saturated rings. The molecule has 32 heavy (non-hydrogen) atoms. The van der Waals surface area contributed by atoms with E-state index in [-0.39, 0.29) is 37.2 Å². The van der Waals surface area contributed by atoms with Crippen LogP contribution in [0.4, 0.5) is 0 Å². The molecule has 7 heteroatoms. The Morgan fingerprint density at radius 3 is 1.97 bits per heavy atom. The SMILES string of the molecule is Cc1[nH]c(-c2ccccc2)nc1C(C(C)C)N1CCN(Cc2ccccc2)CC1.Cl.Cl.Cl. The van der Waals surface area contributed by atoms with Crippen molar-refractivity contribution in [1.82, 2.24) is 19.8 Å². The molecule has 1 aliphatic rings. The lowest BCUT2D eigenvalue weighted by molar-refractivity contribution is 0.0704. The zero-order valence-corrected chi connectivity index (χ0v) is 21.5. The van der Waals surface area contributed by atoms with Gasteiger partial charge in [0, 0.05) is 44.0 Å². The van der Waals surface area contributed by atoms with Gasteiger partial charge in [-0.15, -0.1) is 37.2 Å². The number of benzene rings is 2. The first kappa shape index (κ1) is 28.5. The Kier molecular flexibility index (Phi) is 11.8. The normalized spacial score (nSPS) is 15.4. The number of hydrogen-bond acceptors (Lipinski definition) is 3. The number of aromatic nitrogens is 2. The molecule has 1 aliphatic heterocycles. The van der Waals surface area contributed by atoms with Crippen molar-refractivity contribution < 1.29 is 0 Å². The molecule has 0 radical (unpaired) electrons. The van der Waals surface area contributed by atoms with Gasteiger partial charge in [-0.25, -0.2) is 4.98 Å². The van der Waals surface area contributed by atoms with E-state index in [9.17, 15) is 0 Å². The number of halogens is 3. The molecule has 4 rings (SSSR count). The summed E-state index contributed by atoms with van der Waals surface area (Å²) < 4.78 is 0. The first-order valence-corrected chi connectivity index (χ1v) is 10.7. The second kappa shape index (κ2) is 13.2. The summed E-state index contributed by atoms with van der Waals surface area (Å²) in [6, 6.07) is 21.6. The average Bonchev–Trinajstić information content (AvgIpc) is 3.12. The van der Waals surface area contributed by atoms with Gasteiger partial charge in [0.1, 0.15) is 5.82 Å². The molecule has 2 aromatic carbocycles. The number of rotatable bonds is 6. The van der Waals surface area contributed by atoms with Crippen molar-refractivity contribution in [2.45, 2.75) is 33.4 Å². The van der Waals surface area contributed by atoms with Crippen molar-refractivity contribution in [1.29, 1.82) is 0 Å². The molecule has 0 saturated carbocycles. The molecule has 1 unspecified atom stereocenters. The van der Waals surface area contributed by atoms with E-state index in [1.165, 1.54) is 17.0 Å². The molecule has 0 spiro atoms. The van der Waals surface area contributed by atoms with Crippen molar-refractivity contribution >= 4 is 37.2 Å². The second-order valence-electron chi connectivity index (χ2n) is 8.45. The molecular weight excluding hydrogens is 463 g/mol. The molecule has 3 aromatic rings. The summed E-state index contributed by atoms with van der Waals surface area (Å²) >= 11 is 0. The van der Waals surface area contributed by atoms with E-state index in [1.807, 2.05) is 6.07 Å². The molecule has 1 saturated heterocycles. The molecule has 2 heterocycles. The Labute approximate surface area is 211 Å². The van der Waals surface area contributed by atoms with E-state index >= 15 is 0 Å². The van der Waals surface area contributed by atoms with Crippen molar-refractivity contribution in [3.8, 4) is 11.4 Å². The molecule has 0 aliphatic carbocycles. The fourth-order valence-corrected chi connectivity index (χ4v) is 4.45. The Hall–Kier alpha value is -1.56. The van der Waals surface area contributed by atoms with Crippen LogP contribution in [0.3, 0.4) is 0 Å². The smallest absolute Gasteiger partial charge is 0.137 e. The monoisotopic (exact) mass is 496 g/mol. The molecule has 176 valence electrons. The first-order valence-electron chi connectivity index (χ1n) is 10.7. The van der Waals surface area contributed by atoms with Crippen LogP contribution in [-0.4, -0.2) is 45.9 Å². The molecule has 0 bridgehead atoms. The number of piperazine rings is 1. The Bertz CT molecular complexity index is 907. The standard InChI is InChI=1S/C25H32N4.3ClH/c1-19(2)24(23-20(3)26-25(27-23)22-12-8-5-9-13-22)29-16-14-28(15-17-29)18-21-10-6-4-7-11-21;;;/h4-13,19,24H,14-18H2,1-3H3,(H,26,27);3*1H. The Balaban J connectivity index is 0.00000171. The fourth-order valence-electron chi connectivity index (χ4n) is 4.45. The van der Waals surface area contributed by atoms with E-state index in [1.54, 1.807) is 0 Å². The van der Waals surface area contributed by atoms with Crippen LogP contribution in [0.5, 0.6) is 0 Å². The van der Waals surface area contributed by atoms with Gasteiger partial charge in [-0.2, -0.15) is 0 Å². The summed E-state index contributed by atoms with van der Waals surface area (Å²) in [5, 5.41) is 0. The highest BCUT2D eigenvalue weighted by atomic mass is 35.5. The maximum Gasteiger partial charge on any atom is 0.137 e. The minimum absolute atomic E-state index is 0. The van der Waals surface area contributed by atoms with Gasteiger partial charge in [-0.1, -0.05) is 74.5 Å². The highest BCUT2D eigenvalue weighted by Gasteiger charge is 2.30. The number of nitrogens with one attached hydrogen (secondary N) is 1. The maximum absolute atomic E-state index is 5.05. The van der Waals surface area contributed by atoms with Crippen molar-refractivity contribution in [2.24, 2.45) is 5.92 Å². The summed E-state index contributed by atoms with van der Waals surface area (Å²) in [6.07, 6.45) is 0. The lowest BCUT2D eigenvalue weighted by Gasteiger charge is -2.40. The van der Waals surface area contributed by atoms with Crippen molar-refractivity contribution in [3.05, 3.63) is 77.6 Å². The minimum atomic E-state index is 0. The van der Waals surface area contributed by atoms with E-state index in [0.29, 0.717) is 12.0 Å². The topological polar surface area (TPSA) is 35.2 Å². The van der Waals surface area contributed by atoms with E-state index in [4.69, 9.17) is 4.98 Å². The first-order chi connectivity index (χ1) is 14.1. The van der Waals surface area contributed by atoms with Crippen LogP contribution in [0.25, 0.3) is 11.4 Å². The van der Waals surface area contributed by atoms with Crippen LogP contribution >= 0.6 is 37.2 Å². The van der Waals surface area contributed by atoms with Crippen LogP contribution in [0.2, 0.25) is 0 Å². The lowest BCUT2D eigenvalue weighted by Crippen LogP contribution is -2.48. The molecule has 1 aromatic heterocycles. The van der Waals surface area contributed by atoms with Gasteiger partial charge in [-0.3, -0.25) is 9.80 Å². The van der Waals surface area contributed by atoms with Crippen LogP contribution < -0.4 is 0 Å². The number of aryl methyl sites for hydroxylation is 1. The Morgan fingerprint density at radius 1 is 0.844 bits per heavy atom. The third kappa shape index (κ3) is 6.72. The van der Waals surface area contributed by atoms with Gasteiger partial charge in [-0.05, 0) is 18.4 Å². The van der Waals surface area contributed by atoms with Crippen LogP contribution in [-0.2, 0) is 6.54 Å². The summed E-state index contributed by atoms with van der Waals surface area (Å²) in [6.45, 7) is 12.2. The van der Waals surface area contributed by atoms with Crippen LogP contribution in [0.1, 0.15) is 36.8 Å². The van der Waals surface area contributed by atoms with Gasteiger partial charge in [0.15, 0.2) is 0 Å². The lowest BCUT2D eigenvalue weighted by atomic mass is 9.97. The highest BCUT2D eigenvalue weighted by Crippen LogP contribution is 2.32. The second-order valence-corrected chi connectivity index (χ2v) is 8.45. The number of hydrogen-bond donors (Lipinski definition) is 1. The average molecular weight is 498 g/mol. The van der Waals surface area contributed by atoms with Crippen molar-refractivity contribution in [3.63, 3.8) is 0 Å². The van der Waals surface area contributed by atoms with E-state index in [2.05, 4.69) is 90.2 Å². The predicted molar refractivity (Wildman–Crippen MR) is 141 cm³/mol. The van der Waals surface area contributed by atoms with Gasteiger partial charge in [0.05, 0.1) is 11.7 Å². The molecule has 0 amide bonds. The maximum atomic E-state index is 5.05. The quantitative estimate of drug-likeness (QED) is 0.442. The van der Waals surface area contributed by atoms with E-state index in [0.717, 1.165) is 44.1 Å². The van der Waals surface area contributed by atoms with Gasteiger partial charge in [0.25, 0.3) is 0 Å². The van der Waals surface area contributed by atoms with Crippen LogP contribution in [0.15, 0.2) is 60.7 Å². The summed E-state index contributed by atoms with van der Waals surface area (Å²) in [5.74, 6) is 1.49. The van der Waals surface area contributed by atoms with Crippen LogP contribution in [0, 0.1) is 12.8 Å². The van der Waals surface area contributed by atoms with Crippen molar-refractivity contribution in [2.75, 3.05) is 26.2 Å². The summed E-state index contributed by atoms with van der Waals surface area (Å²) in [4.78, 5) is 13.8. The third-order valence-corrected chi connectivity index (χ3v) is 5.93. The van der Waals surface area contributed by atoms with E-state index < -0.39 is 0 Å². The molecule has 4 nitrogen and oxygen atoms in total. The van der Waals surface area contributed by atoms with Gasteiger partial charge >= 0.3 is 0 Å². The number of imidazole rings is 1. The fraction of sp³-hybridized carbons (Fsp3) is 0.400. The largest absolute Gasteiger partial charge is 0.342 e. The number of H-pyrrole nitrogens is 1. The zero-order valence-electron chi connectivity index (χ0n) is 19.0. The number of nitrogens with zero attached hydrogens (tertiary/aromatic N) is 3. The minimum Gasteiger partial charge on any atom is -0.342 e. The number of aromatic amines is 1. The predicted octanol–water partition coefficient (Wildman–Crippen LogP) is 6.17. The highest BCUT2D eigenvalue weighted by molar-refractivity contribution is 5.86. The van der Waals surface area contributed by atoms with Gasteiger partial charge < -0.3 is 4.98 Å². The third-order valence-electron chi connectivity index (χ3n) is 5.93. The van der Waals surface area contributed by atoms with Gasteiger partial charge in [0.2, 0.25) is 0 Å². The molecular formula is C25H35Cl3N4. The zero-order chi connectivity index (χ0) is 20.2. The Morgan fingerprint density at radius 2 is 1.41 bits per heavy atom. The summed E-state index contributed by atoms with van der Waals surface area (Å²) in [5.41, 5.74) is 4.94.